The summed E-state index contributed by atoms with van der Waals surface area (Å²) in [5.74, 6) is 1.09. The Labute approximate surface area is 424 Å². The van der Waals surface area contributed by atoms with Gasteiger partial charge in [-0.05, 0) is 106 Å². The third kappa shape index (κ3) is 11.8. The molecule has 21 heteroatoms. The number of nitro benzene ring substituents is 2. The first kappa shape index (κ1) is 52.4. The number of nitrogens with zero attached hydrogens (tertiary/aromatic N) is 5. The molecule has 0 fully saturated rings. The van der Waals surface area contributed by atoms with Crippen LogP contribution in [-0.4, -0.2) is 104 Å². The molecule has 12 rings (SSSR count). The molecule has 5 aromatic rings. The molecule has 7 aliphatic rings. The van der Waals surface area contributed by atoms with Gasteiger partial charge in [-0.2, -0.15) is 8.42 Å². The van der Waals surface area contributed by atoms with E-state index in [-0.39, 0.29) is 23.3 Å². The fourth-order valence-electron chi connectivity index (χ4n) is 11.2. The van der Waals surface area contributed by atoms with Gasteiger partial charge in [-0.25, -0.2) is 17.8 Å². The van der Waals surface area contributed by atoms with Crippen molar-refractivity contribution in [3.63, 3.8) is 0 Å². The lowest BCUT2D eigenvalue weighted by molar-refractivity contribution is -0.385. The summed E-state index contributed by atoms with van der Waals surface area (Å²) >= 11 is 0. The molecule has 0 saturated heterocycles. The lowest BCUT2D eigenvalue weighted by Crippen LogP contribution is -2.45. The maximum Gasteiger partial charge on any atom is 0.342 e. The van der Waals surface area contributed by atoms with E-state index >= 15 is 0 Å². The largest absolute Gasteiger partial charge is 0.748 e. The number of benzene rings is 5. The van der Waals surface area contributed by atoms with Crippen molar-refractivity contribution in [3.8, 4) is 17.2 Å². The molecule has 73 heavy (non-hydrogen) atoms. The van der Waals surface area contributed by atoms with Crippen LogP contribution in [0.1, 0.15) is 94.8 Å². The van der Waals surface area contributed by atoms with Crippen molar-refractivity contribution < 1.29 is 57.0 Å². The molecular weight excluding hydrogens is 983 g/mol. The molecule has 0 saturated carbocycles. The Morgan fingerprint density at radius 3 is 1.77 bits per heavy atom. The van der Waals surface area contributed by atoms with E-state index in [0.717, 1.165) is 118 Å². The number of aryl methyl sites for hydroxylation is 3. The second-order valence-electron chi connectivity index (χ2n) is 18.9. The lowest BCUT2D eigenvalue weighted by Gasteiger charge is -2.39. The predicted molar refractivity (Wildman–Crippen MR) is 276 cm³/mol. The minimum Gasteiger partial charge on any atom is -0.748 e. The maximum atomic E-state index is 12.3. The van der Waals surface area contributed by atoms with Crippen molar-refractivity contribution in [1.29, 1.82) is 0 Å². The number of hydrogen-bond donors (Lipinski definition) is 3. The number of carboxylic acid groups (broad SMARTS) is 1. The number of anilines is 2. The van der Waals surface area contributed by atoms with E-state index in [2.05, 4.69) is 32.6 Å². The van der Waals surface area contributed by atoms with E-state index in [1.165, 1.54) is 101 Å². The number of phenolic OH excluding ortho intramolecular Hbond substituents is 1. The van der Waals surface area contributed by atoms with Crippen LogP contribution in [0.25, 0.3) is 5.57 Å². The van der Waals surface area contributed by atoms with Crippen LogP contribution in [0.5, 0.6) is 17.2 Å². The van der Waals surface area contributed by atoms with E-state index in [1.807, 2.05) is 18.2 Å². The topological polar surface area (TPSA) is 274 Å². The standard InChI is InChI=1S/C31H30N3O3.C12H15NO.C7H5NO4.2CH4O3S.H2/c35-34(36)26-12-2-1-9-21(26)27-24-17-19-7-3-13-32-15-5-10-22(28(19)32)30(24)37-31-23-11-6-16-33-14-4-8-20(29(23)33)18-25(27)31;14-11-6-5-9-3-1-7-13-8-2-4-10(11)12(9)13;9-7(10)5-3-1-2-4-6(5)8(11)12;2*1-5(2,3)4;/h1-2,9,12,17-18H,3-8,10-11,13-16H2;5-6,14H,1-4,7-8H2;1-4H,(H,9,10);2*1H3,(H,2,3,4);1H/q+1;;;;;/p-1/i;;;;;1+1. The van der Waals surface area contributed by atoms with Crippen LogP contribution in [0.3, 0.4) is 0 Å². The number of nitro groups is 2. The van der Waals surface area contributed by atoms with Gasteiger partial charge in [0.05, 0.1) is 37.3 Å². The number of hydrogen-bond acceptors (Lipinski definition) is 14. The van der Waals surface area contributed by atoms with Gasteiger partial charge >= 0.3 is 5.97 Å². The lowest BCUT2D eigenvalue weighted by atomic mass is 9.82. The predicted octanol–water partition coefficient (Wildman–Crippen LogP) is 6.33. The summed E-state index contributed by atoms with van der Waals surface area (Å²) in [6, 6.07) is 21.0. The van der Waals surface area contributed by atoms with E-state index in [1.54, 1.807) is 12.1 Å². The summed E-state index contributed by atoms with van der Waals surface area (Å²) in [7, 11) is -7.58. The third-order valence-electron chi connectivity index (χ3n) is 13.8. The number of phenols is 1. The molecule has 0 amide bonds. The first-order valence-corrected chi connectivity index (χ1v) is 27.9. The quantitative estimate of drug-likeness (QED) is 0.0753. The molecule has 0 atom stereocenters. The van der Waals surface area contributed by atoms with Gasteiger partial charge in [0.1, 0.15) is 35.9 Å². The molecule has 0 aliphatic carbocycles. The number of aromatic carboxylic acids is 1. The number of para-hydroxylation sites is 2. The van der Waals surface area contributed by atoms with E-state index < -0.39 is 31.1 Å². The van der Waals surface area contributed by atoms with E-state index in [4.69, 9.17) is 27.4 Å². The van der Waals surface area contributed by atoms with Gasteiger partial charge in [0.2, 0.25) is 5.36 Å². The number of carbonyl (C=O) groups is 1. The molecular formula is C52H59N5O14S2. The van der Waals surface area contributed by atoms with Crippen molar-refractivity contribution in [1.82, 2.24) is 4.58 Å². The van der Waals surface area contributed by atoms with Crippen molar-refractivity contribution >= 4 is 54.5 Å². The van der Waals surface area contributed by atoms with Gasteiger partial charge in [-0.1, -0.05) is 30.3 Å². The second-order valence-corrected chi connectivity index (χ2v) is 21.8. The minimum atomic E-state index is -3.92. The molecule has 0 aromatic heterocycles. The molecule has 0 unspecified atom stereocenters. The summed E-state index contributed by atoms with van der Waals surface area (Å²) in [5.41, 5.74) is 12.9. The molecule has 388 valence electrons. The molecule has 0 bridgehead atoms. The van der Waals surface area contributed by atoms with Crippen molar-refractivity contribution in [3.05, 3.63) is 154 Å². The van der Waals surface area contributed by atoms with Crippen LogP contribution < -0.4 is 29.7 Å². The molecule has 5 aromatic carbocycles. The molecule has 0 radical (unpaired) electrons. The highest BCUT2D eigenvalue weighted by Gasteiger charge is 2.37. The summed E-state index contributed by atoms with van der Waals surface area (Å²) in [6.07, 6.45) is 14.6. The SMILES string of the molecule is CS(=O)(=O)O.CS(=O)(=O)[O-].O=C(O)c1ccccc1[N+](=O)[O-].O=[N+]([O-])c1ccccc1C1=c2cc3c4c(c2Oc2c1cc1c5c2CCCN5CCC1)CCC[N+]=4CCC3.Oc1ccc2c3c1CCCN3CCC2.[2HH]. The first-order chi connectivity index (χ1) is 34.7. The average molecular weight is 1040 g/mol. The summed E-state index contributed by atoms with van der Waals surface area (Å²) in [4.78, 5) is 37.0. The molecule has 7 heterocycles. The van der Waals surface area contributed by atoms with E-state index in [9.17, 15) is 38.5 Å². The van der Waals surface area contributed by atoms with Crippen LogP contribution in [-0.2, 0) is 58.8 Å². The maximum absolute atomic E-state index is 12.3. The third-order valence-corrected chi connectivity index (χ3v) is 13.8. The Morgan fingerprint density at radius 2 is 1.16 bits per heavy atom. The highest BCUT2D eigenvalue weighted by atomic mass is 32.2. The Hall–Kier alpha value is -6.94. The Morgan fingerprint density at radius 1 is 0.658 bits per heavy atom. The Kier molecular flexibility index (Phi) is 15.5. The zero-order chi connectivity index (χ0) is 52.4. The van der Waals surface area contributed by atoms with Crippen LogP contribution in [0.2, 0.25) is 0 Å². The number of aromatic hydroxyl groups is 1. The number of rotatable bonds is 4. The second kappa shape index (κ2) is 21.6. The van der Waals surface area contributed by atoms with Crippen LogP contribution in [0.15, 0.2) is 72.8 Å². The molecule has 3 N–H and O–H groups in total. The van der Waals surface area contributed by atoms with Crippen LogP contribution in [0.4, 0.5) is 22.7 Å². The molecule has 0 spiro atoms. The highest BCUT2D eigenvalue weighted by Crippen LogP contribution is 2.49. The zero-order valence-corrected chi connectivity index (χ0v) is 42.2. The zero-order valence-electron chi connectivity index (χ0n) is 40.5. The van der Waals surface area contributed by atoms with Crippen molar-refractivity contribution in [2.75, 3.05) is 61.6 Å². The van der Waals surface area contributed by atoms with Gasteiger partial charge < -0.3 is 29.3 Å². The number of carboxylic acids is 1. The average Bonchev–Trinajstić information content (AvgIpc) is 3.34. The first-order valence-electron chi connectivity index (χ1n) is 24.2. The fraction of sp³-hybridized carbons (Fsp3) is 0.385. The van der Waals surface area contributed by atoms with Crippen molar-refractivity contribution in [2.45, 2.75) is 77.0 Å². The minimum absolute atomic E-state index is 0. The van der Waals surface area contributed by atoms with Crippen molar-refractivity contribution in [2.24, 2.45) is 0 Å². The Bertz CT molecular complexity index is 3320. The fourth-order valence-corrected chi connectivity index (χ4v) is 11.2. The van der Waals surface area contributed by atoms with Gasteiger partial charge in [0.15, 0.2) is 0 Å². The van der Waals surface area contributed by atoms with Crippen LogP contribution >= 0.6 is 0 Å². The molecule has 19 nitrogen and oxygen atoms in total. The highest BCUT2D eigenvalue weighted by molar-refractivity contribution is 7.85. The summed E-state index contributed by atoms with van der Waals surface area (Å²) in [5, 5.41) is 43.2. The monoisotopic (exact) mass is 1040 g/mol. The summed E-state index contributed by atoms with van der Waals surface area (Å²) in [6.45, 7) is 6.74. The number of ether oxygens (including phenoxy) is 1. The van der Waals surface area contributed by atoms with Crippen LogP contribution in [0, 0.1) is 20.2 Å². The van der Waals surface area contributed by atoms with E-state index in [0.29, 0.717) is 23.8 Å². The number of fused-ring (bicyclic) bond motifs is 4. The smallest absolute Gasteiger partial charge is 0.342 e. The normalized spacial score (nSPS) is 16.4. The van der Waals surface area contributed by atoms with Gasteiger partial charge in [-0.3, -0.25) is 24.8 Å². The van der Waals surface area contributed by atoms with Gasteiger partial charge in [0, 0.05) is 103 Å². The van der Waals surface area contributed by atoms with Gasteiger partial charge in [0.25, 0.3) is 21.5 Å². The summed E-state index contributed by atoms with van der Waals surface area (Å²) < 4.78 is 62.7. The molecule has 7 aliphatic heterocycles. The Balaban J connectivity index is 0.000000177. The van der Waals surface area contributed by atoms with Gasteiger partial charge in [-0.15, -0.1) is 0 Å².